The number of amides is 3. The van der Waals surface area contributed by atoms with Crippen LogP contribution in [0.2, 0.25) is 0 Å². The van der Waals surface area contributed by atoms with Crippen LogP contribution >= 0.6 is 11.3 Å². The fraction of sp³-hybridized carbons (Fsp3) is 0.636. The van der Waals surface area contributed by atoms with Crippen LogP contribution in [0.5, 0.6) is 0 Å². The maximum Gasteiger partial charge on any atom is 0.317 e. The number of carbonyl (C=O) groups excluding carboxylic acids is 2. The second-order valence-electron chi connectivity index (χ2n) is 11.6. The van der Waals surface area contributed by atoms with E-state index in [0.29, 0.717) is 11.0 Å². The molecule has 3 amide bonds. The number of urea groups is 1. The van der Waals surface area contributed by atoms with Gasteiger partial charge in [0.15, 0.2) is 0 Å². The summed E-state index contributed by atoms with van der Waals surface area (Å²) >= 11 is 1.30. The maximum absolute atomic E-state index is 11.8. The van der Waals surface area contributed by atoms with Gasteiger partial charge in [0.25, 0.3) is 5.91 Å². The fourth-order valence-corrected chi connectivity index (χ4v) is 6.87. The summed E-state index contributed by atoms with van der Waals surface area (Å²) in [6.45, 7) is 6.40. The van der Waals surface area contributed by atoms with E-state index in [1.807, 2.05) is 0 Å². The molecule has 0 spiro atoms. The lowest BCUT2D eigenvalue weighted by molar-refractivity contribution is 0.100. The van der Waals surface area contributed by atoms with E-state index >= 15 is 0 Å². The SMILES string of the molecule is CCCCCCCCCCCCCCCCC1CNCCN1Cc1ccc(-c2cc(C(N)=O)c(NC(N)=O)s2)cc1. The first-order valence-corrected chi connectivity index (χ1v) is 16.8. The molecule has 6 N–H and O–H groups in total. The summed E-state index contributed by atoms with van der Waals surface area (Å²) in [5, 5.41) is 6.49. The van der Waals surface area contributed by atoms with Gasteiger partial charge in [0.2, 0.25) is 0 Å². The Bertz CT molecular complexity index is 1040. The van der Waals surface area contributed by atoms with E-state index in [-0.39, 0.29) is 5.56 Å². The highest BCUT2D eigenvalue weighted by Crippen LogP contribution is 2.35. The van der Waals surface area contributed by atoms with Crippen molar-refractivity contribution in [1.82, 2.24) is 10.2 Å². The van der Waals surface area contributed by atoms with Crippen LogP contribution in [0.15, 0.2) is 30.3 Å². The van der Waals surface area contributed by atoms with Crippen molar-refractivity contribution in [2.45, 2.75) is 116 Å². The van der Waals surface area contributed by atoms with Crippen molar-refractivity contribution in [3.05, 3.63) is 41.5 Å². The van der Waals surface area contributed by atoms with Gasteiger partial charge in [-0.05, 0) is 23.6 Å². The quantitative estimate of drug-likeness (QED) is 0.120. The highest BCUT2D eigenvalue weighted by molar-refractivity contribution is 7.20. The number of carbonyl (C=O) groups is 2. The van der Waals surface area contributed by atoms with Gasteiger partial charge in [-0.1, -0.05) is 121 Å². The molecule has 1 fully saturated rings. The largest absolute Gasteiger partial charge is 0.366 e. The first kappa shape index (κ1) is 33.1. The summed E-state index contributed by atoms with van der Waals surface area (Å²) in [6.07, 6.45) is 20.8. The molecule has 7 nitrogen and oxygen atoms in total. The predicted octanol–water partition coefficient (Wildman–Crippen LogP) is 7.65. The number of unbranched alkanes of at least 4 members (excludes halogenated alkanes) is 13. The zero-order valence-corrected chi connectivity index (χ0v) is 26.0. The zero-order valence-electron chi connectivity index (χ0n) is 25.2. The Labute approximate surface area is 251 Å². The summed E-state index contributed by atoms with van der Waals surface area (Å²) in [5.74, 6) is -0.587. The third-order valence-electron chi connectivity index (χ3n) is 8.22. The number of piperazine rings is 1. The molecule has 1 aliphatic rings. The van der Waals surface area contributed by atoms with E-state index in [4.69, 9.17) is 11.5 Å². The Hall–Kier alpha value is -2.42. The van der Waals surface area contributed by atoms with Crippen LogP contribution in [0.3, 0.4) is 0 Å². The third-order valence-corrected chi connectivity index (χ3v) is 9.32. The topological polar surface area (TPSA) is 113 Å². The van der Waals surface area contributed by atoms with Gasteiger partial charge in [0.05, 0.1) is 5.56 Å². The molecule has 0 saturated carbocycles. The van der Waals surface area contributed by atoms with Gasteiger partial charge in [-0.2, -0.15) is 0 Å². The molecule has 1 aromatic carbocycles. The average molecular weight is 584 g/mol. The molecule has 0 radical (unpaired) electrons. The average Bonchev–Trinajstić information content (AvgIpc) is 3.38. The molecule has 2 heterocycles. The van der Waals surface area contributed by atoms with Crippen molar-refractivity contribution in [2.24, 2.45) is 11.5 Å². The maximum atomic E-state index is 11.8. The number of primary amides is 2. The van der Waals surface area contributed by atoms with Gasteiger partial charge in [-0.25, -0.2) is 4.79 Å². The number of nitrogens with two attached hydrogens (primary N) is 2. The molecule has 1 aromatic heterocycles. The summed E-state index contributed by atoms with van der Waals surface area (Å²) in [5.41, 5.74) is 13.3. The third kappa shape index (κ3) is 12.1. The van der Waals surface area contributed by atoms with Gasteiger partial charge in [-0.3, -0.25) is 15.0 Å². The van der Waals surface area contributed by atoms with Crippen LogP contribution in [0, 0.1) is 0 Å². The first-order chi connectivity index (χ1) is 20.0. The molecule has 228 valence electrons. The van der Waals surface area contributed by atoms with Crippen molar-refractivity contribution in [3.8, 4) is 10.4 Å². The van der Waals surface area contributed by atoms with Gasteiger partial charge < -0.3 is 16.8 Å². The van der Waals surface area contributed by atoms with Crippen molar-refractivity contribution in [2.75, 3.05) is 25.0 Å². The fourth-order valence-electron chi connectivity index (χ4n) is 5.80. The smallest absolute Gasteiger partial charge is 0.317 e. The summed E-state index contributed by atoms with van der Waals surface area (Å²) < 4.78 is 0. The molecule has 2 aromatic rings. The minimum atomic E-state index is -0.712. The van der Waals surface area contributed by atoms with Gasteiger partial charge in [-0.15, -0.1) is 11.3 Å². The van der Waals surface area contributed by atoms with Crippen molar-refractivity contribution >= 4 is 28.3 Å². The van der Waals surface area contributed by atoms with Gasteiger partial charge in [0, 0.05) is 37.1 Å². The molecule has 1 saturated heterocycles. The minimum absolute atomic E-state index is 0.278. The van der Waals surface area contributed by atoms with Crippen LogP contribution in [0.1, 0.15) is 119 Å². The van der Waals surface area contributed by atoms with E-state index in [9.17, 15) is 9.59 Å². The van der Waals surface area contributed by atoms with Gasteiger partial charge in [0.1, 0.15) is 5.00 Å². The summed E-state index contributed by atoms with van der Waals surface area (Å²) in [4.78, 5) is 26.6. The standard InChI is InChI=1S/C33H53N5O2S/c1-2-3-4-5-6-7-8-9-10-11-12-13-14-15-16-28-24-36-21-22-38(28)25-26-17-19-27(20-18-26)30-23-29(31(34)39)32(41-30)37-33(35)40/h17-20,23,28,36H,2-16,21-22,24-25H2,1H3,(H2,34,39)(H3,35,37,40). The van der Waals surface area contributed by atoms with Crippen LogP contribution in [-0.2, 0) is 6.54 Å². The predicted molar refractivity (Wildman–Crippen MR) is 173 cm³/mol. The Kier molecular flexibility index (Phi) is 15.3. The Morgan fingerprint density at radius 1 is 0.902 bits per heavy atom. The molecular weight excluding hydrogens is 530 g/mol. The van der Waals surface area contributed by atoms with Crippen LogP contribution in [0.25, 0.3) is 10.4 Å². The summed E-state index contributed by atoms with van der Waals surface area (Å²) in [7, 11) is 0. The molecule has 1 unspecified atom stereocenters. The van der Waals surface area contributed by atoms with E-state index in [1.165, 1.54) is 113 Å². The molecule has 3 rings (SSSR count). The minimum Gasteiger partial charge on any atom is -0.366 e. The molecule has 1 atom stereocenters. The second kappa shape index (κ2) is 18.9. The lowest BCUT2D eigenvalue weighted by Gasteiger charge is -2.36. The molecule has 41 heavy (non-hydrogen) atoms. The zero-order chi connectivity index (χ0) is 29.3. The molecule has 0 bridgehead atoms. The first-order valence-electron chi connectivity index (χ1n) is 16.0. The highest BCUT2D eigenvalue weighted by atomic mass is 32.1. The lowest BCUT2D eigenvalue weighted by atomic mass is 10.0. The number of benzene rings is 1. The van der Waals surface area contributed by atoms with Crippen molar-refractivity contribution in [1.29, 1.82) is 0 Å². The van der Waals surface area contributed by atoms with Crippen molar-refractivity contribution in [3.63, 3.8) is 0 Å². The summed E-state index contributed by atoms with van der Waals surface area (Å²) in [6, 6.07) is 10.1. The Morgan fingerprint density at radius 2 is 1.49 bits per heavy atom. The van der Waals surface area contributed by atoms with Crippen LogP contribution < -0.4 is 22.1 Å². The van der Waals surface area contributed by atoms with E-state index < -0.39 is 11.9 Å². The lowest BCUT2D eigenvalue weighted by Crippen LogP contribution is -2.50. The van der Waals surface area contributed by atoms with Crippen LogP contribution in [0.4, 0.5) is 9.80 Å². The number of nitrogens with zero attached hydrogens (tertiary/aromatic N) is 1. The van der Waals surface area contributed by atoms with E-state index in [0.717, 1.165) is 36.6 Å². The van der Waals surface area contributed by atoms with Crippen LogP contribution in [-0.4, -0.2) is 42.5 Å². The number of anilines is 1. The number of rotatable bonds is 20. The molecule has 8 heteroatoms. The van der Waals surface area contributed by atoms with E-state index in [1.54, 1.807) is 6.07 Å². The monoisotopic (exact) mass is 583 g/mol. The van der Waals surface area contributed by atoms with E-state index in [2.05, 4.69) is 46.7 Å². The normalized spacial score (nSPS) is 15.7. The highest BCUT2D eigenvalue weighted by Gasteiger charge is 2.22. The molecule has 1 aliphatic heterocycles. The van der Waals surface area contributed by atoms with Crippen molar-refractivity contribution < 1.29 is 9.59 Å². The number of hydrogen-bond donors (Lipinski definition) is 4. The second-order valence-corrected chi connectivity index (χ2v) is 12.7. The van der Waals surface area contributed by atoms with Gasteiger partial charge >= 0.3 is 6.03 Å². The number of nitrogens with one attached hydrogen (secondary N) is 2. The Morgan fingerprint density at radius 3 is 2.05 bits per heavy atom. The number of thiophene rings is 1. The molecule has 0 aliphatic carbocycles. The number of hydrogen-bond acceptors (Lipinski definition) is 5. The molecular formula is C33H53N5O2S. The Balaban J connectivity index is 1.35.